The lowest BCUT2D eigenvalue weighted by Crippen LogP contribution is -2.35. The Morgan fingerprint density at radius 1 is 1.30 bits per heavy atom. The van der Waals surface area contributed by atoms with Gasteiger partial charge in [-0.25, -0.2) is 0 Å². The van der Waals surface area contributed by atoms with Crippen molar-refractivity contribution in [3.63, 3.8) is 0 Å². The third-order valence-electron chi connectivity index (χ3n) is 3.92. The van der Waals surface area contributed by atoms with Crippen LogP contribution in [0.4, 0.5) is 0 Å². The average Bonchev–Trinajstić information content (AvgIpc) is 2.48. The van der Waals surface area contributed by atoms with Gasteiger partial charge in [-0.3, -0.25) is 4.99 Å². The van der Waals surface area contributed by atoms with Gasteiger partial charge >= 0.3 is 0 Å². The Morgan fingerprint density at radius 2 is 2.00 bits per heavy atom. The normalized spacial score (nSPS) is 18.1. The second-order valence-corrected chi connectivity index (χ2v) is 5.63. The molecule has 0 bridgehead atoms. The molecule has 0 aliphatic carbocycles. The van der Waals surface area contributed by atoms with Gasteiger partial charge in [-0.05, 0) is 50.9 Å². The van der Waals surface area contributed by atoms with Crippen LogP contribution in [0.3, 0.4) is 0 Å². The minimum Gasteiger partial charge on any atom is -0.370 e. The Balaban J connectivity index is 1.64. The molecular formula is C16H26N4. The molecule has 1 aliphatic rings. The van der Waals surface area contributed by atoms with Crippen molar-refractivity contribution >= 4 is 5.96 Å². The van der Waals surface area contributed by atoms with Crippen molar-refractivity contribution in [3.8, 4) is 0 Å². The molecule has 1 aromatic carbocycles. The largest absolute Gasteiger partial charge is 0.370 e. The molecule has 0 amide bonds. The Labute approximate surface area is 122 Å². The Hall–Kier alpha value is -1.55. The van der Waals surface area contributed by atoms with E-state index in [-0.39, 0.29) is 0 Å². The highest BCUT2D eigenvalue weighted by molar-refractivity contribution is 5.77. The molecule has 0 spiro atoms. The van der Waals surface area contributed by atoms with Gasteiger partial charge in [0.1, 0.15) is 0 Å². The number of piperidine rings is 1. The van der Waals surface area contributed by atoms with Crippen LogP contribution in [0.5, 0.6) is 0 Å². The SMILES string of the molecule is CN1CCC(CN=C(N)NCCc2ccccc2)CC1. The molecule has 110 valence electrons. The summed E-state index contributed by atoms with van der Waals surface area (Å²) in [5, 5.41) is 3.20. The van der Waals surface area contributed by atoms with Crippen LogP contribution in [-0.2, 0) is 6.42 Å². The summed E-state index contributed by atoms with van der Waals surface area (Å²) >= 11 is 0. The molecule has 1 aromatic rings. The highest BCUT2D eigenvalue weighted by Gasteiger charge is 2.15. The Bertz CT molecular complexity index is 408. The monoisotopic (exact) mass is 274 g/mol. The Morgan fingerprint density at radius 3 is 2.70 bits per heavy atom. The Kier molecular flexibility index (Phi) is 5.87. The lowest BCUT2D eigenvalue weighted by molar-refractivity contribution is 0.223. The summed E-state index contributed by atoms with van der Waals surface area (Å²) in [6.45, 7) is 4.06. The number of benzene rings is 1. The zero-order chi connectivity index (χ0) is 14.2. The van der Waals surface area contributed by atoms with Crippen molar-refractivity contribution in [3.05, 3.63) is 35.9 Å². The standard InChI is InChI=1S/C16H26N4/c1-20-11-8-15(9-12-20)13-19-16(17)18-10-7-14-5-3-2-4-6-14/h2-6,15H,7-13H2,1H3,(H3,17,18,19). The third kappa shape index (κ3) is 5.21. The molecule has 20 heavy (non-hydrogen) atoms. The maximum Gasteiger partial charge on any atom is 0.188 e. The minimum absolute atomic E-state index is 0.583. The molecule has 0 aromatic heterocycles. The van der Waals surface area contributed by atoms with Gasteiger partial charge in [0.2, 0.25) is 0 Å². The predicted octanol–water partition coefficient (Wildman–Crippen LogP) is 1.48. The van der Waals surface area contributed by atoms with Crippen molar-refractivity contribution in [2.45, 2.75) is 19.3 Å². The van der Waals surface area contributed by atoms with E-state index >= 15 is 0 Å². The van der Waals surface area contributed by atoms with Gasteiger partial charge < -0.3 is 16.0 Å². The molecule has 0 saturated carbocycles. The van der Waals surface area contributed by atoms with E-state index in [4.69, 9.17) is 5.73 Å². The second-order valence-electron chi connectivity index (χ2n) is 5.63. The van der Waals surface area contributed by atoms with Crippen LogP contribution in [0.25, 0.3) is 0 Å². The van der Waals surface area contributed by atoms with Crippen LogP contribution in [-0.4, -0.2) is 44.1 Å². The zero-order valence-electron chi connectivity index (χ0n) is 12.4. The van der Waals surface area contributed by atoms with E-state index in [1.54, 1.807) is 0 Å². The highest BCUT2D eigenvalue weighted by Crippen LogP contribution is 2.15. The number of nitrogens with one attached hydrogen (secondary N) is 1. The molecule has 0 radical (unpaired) electrons. The van der Waals surface area contributed by atoms with E-state index in [2.05, 4.69) is 46.5 Å². The second kappa shape index (κ2) is 7.90. The van der Waals surface area contributed by atoms with Crippen molar-refractivity contribution in [1.29, 1.82) is 0 Å². The summed E-state index contributed by atoms with van der Waals surface area (Å²) in [7, 11) is 2.18. The number of nitrogens with zero attached hydrogens (tertiary/aromatic N) is 2. The number of nitrogens with two attached hydrogens (primary N) is 1. The highest BCUT2D eigenvalue weighted by atomic mass is 15.1. The van der Waals surface area contributed by atoms with Crippen molar-refractivity contribution in [2.24, 2.45) is 16.6 Å². The van der Waals surface area contributed by atoms with Crippen LogP contribution in [0.15, 0.2) is 35.3 Å². The van der Waals surface area contributed by atoms with Gasteiger partial charge in [0, 0.05) is 13.1 Å². The van der Waals surface area contributed by atoms with Gasteiger partial charge in [-0.1, -0.05) is 30.3 Å². The quantitative estimate of drug-likeness (QED) is 0.631. The van der Waals surface area contributed by atoms with Crippen LogP contribution >= 0.6 is 0 Å². The minimum atomic E-state index is 0.583. The lowest BCUT2D eigenvalue weighted by atomic mass is 9.97. The predicted molar refractivity (Wildman–Crippen MR) is 84.9 cm³/mol. The van der Waals surface area contributed by atoms with Crippen LogP contribution in [0.2, 0.25) is 0 Å². The summed E-state index contributed by atoms with van der Waals surface area (Å²) in [6, 6.07) is 10.4. The number of hydrogen-bond donors (Lipinski definition) is 2. The maximum absolute atomic E-state index is 5.91. The van der Waals surface area contributed by atoms with Crippen molar-refractivity contribution in [1.82, 2.24) is 10.2 Å². The fraction of sp³-hybridized carbons (Fsp3) is 0.562. The number of guanidine groups is 1. The van der Waals surface area contributed by atoms with Gasteiger partial charge in [-0.15, -0.1) is 0 Å². The smallest absolute Gasteiger partial charge is 0.188 e. The summed E-state index contributed by atoms with van der Waals surface area (Å²) < 4.78 is 0. The molecule has 3 N–H and O–H groups in total. The molecule has 0 atom stereocenters. The fourth-order valence-electron chi connectivity index (χ4n) is 2.51. The molecule has 1 fully saturated rings. The molecule has 1 saturated heterocycles. The first-order valence-corrected chi connectivity index (χ1v) is 7.50. The molecule has 2 rings (SSSR count). The van der Waals surface area contributed by atoms with Crippen LogP contribution < -0.4 is 11.1 Å². The maximum atomic E-state index is 5.91. The summed E-state index contributed by atoms with van der Waals surface area (Å²) in [6.07, 6.45) is 3.44. The van der Waals surface area contributed by atoms with E-state index in [0.29, 0.717) is 11.9 Å². The number of likely N-dealkylation sites (tertiary alicyclic amines) is 1. The van der Waals surface area contributed by atoms with Crippen LogP contribution in [0.1, 0.15) is 18.4 Å². The van der Waals surface area contributed by atoms with Crippen molar-refractivity contribution in [2.75, 3.05) is 33.2 Å². The molecule has 1 heterocycles. The van der Waals surface area contributed by atoms with Gasteiger partial charge in [-0.2, -0.15) is 0 Å². The molecule has 1 aliphatic heterocycles. The number of rotatable bonds is 5. The molecule has 0 unspecified atom stereocenters. The summed E-state index contributed by atoms with van der Waals surface area (Å²) in [4.78, 5) is 6.85. The first kappa shape index (κ1) is 14.9. The number of aliphatic imine (C=N–C) groups is 1. The molecule has 4 nitrogen and oxygen atoms in total. The third-order valence-corrected chi connectivity index (χ3v) is 3.92. The first-order valence-electron chi connectivity index (χ1n) is 7.50. The lowest BCUT2D eigenvalue weighted by Gasteiger charge is -2.27. The average molecular weight is 274 g/mol. The van der Waals surface area contributed by atoms with E-state index in [1.165, 1.54) is 31.5 Å². The van der Waals surface area contributed by atoms with E-state index < -0.39 is 0 Å². The first-order chi connectivity index (χ1) is 9.74. The van der Waals surface area contributed by atoms with E-state index in [9.17, 15) is 0 Å². The summed E-state index contributed by atoms with van der Waals surface area (Å²) in [5.74, 6) is 1.28. The summed E-state index contributed by atoms with van der Waals surface area (Å²) in [5.41, 5.74) is 7.23. The molecule has 4 heteroatoms. The molecular weight excluding hydrogens is 248 g/mol. The van der Waals surface area contributed by atoms with Crippen molar-refractivity contribution < 1.29 is 0 Å². The van der Waals surface area contributed by atoms with Gasteiger partial charge in [0.05, 0.1) is 0 Å². The topological polar surface area (TPSA) is 53.6 Å². The zero-order valence-corrected chi connectivity index (χ0v) is 12.4. The fourth-order valence-corrected chi connectivity index (χ4v) is 2.51. The van der Waals surface area contributed by atoms with E-state index in [0.717, 1.165) is 19.5 Å². The van der Waals surface area contributed by atoms with E-state index in [1.807, 2.05) is 6.07 Å². The van der Waals surface area contributed by atoms with Crippen LogP contribution in [0, 0.1) is 5.92 Å². The van der Waals surface area contributed by atoms with Gasteiger partial charge in [0.15, 0.2) is 5.96 Å². The number of hydrogen-bond acceptors (Lipinski definition) is 2. The van der Waals surface area contributed by atoms with Gasteiger partial charge in [0.25, 0.3) is 0 Å².